The van der Waals surface area contributed by atoms with E-state index in [4.69, 9.17) is 0 Å². The van der Waals surface area contributed by atoms with Crippen LogP contribution in [0.5, 0.6) is 0 Å². The maximum Gasteiger partial charge on any atom is 0.0668 e. The Balaban J connectivity index is 2.20. The highest BCUT2D eigenvalue weighted by Crippen LogP contribution is 2.34. The van der Waals surface area contributed by atoms with Gasteiger partial charge in [0, 0.05) is 18.1 Å². The summed E-state index contributed by atoms with van der Waals surface area (Å²) in [7, 11) is 0. The molecule has 1 fully saturated rings. The van der Waals surface area contributed by atoms with Gasteiger partial charge in [-0.3, -0.25) is 4.90 Å². The Morgan fingerprint density at radius 2 is 1.94 bits per heavy atom. The summed E-state index contributed by atoms with van der Waals surface area (Å²) in [4.78, 5) is 2.43. The average Bonchev–Trinajstić information content (AvgIpc) is 2.33. The van der Waals surface area contributed by atoms with Crippen molar-refractivity contribution in [2.45, 2.75) is 51.3 Å². The molecule has 2 nitrogen and oxygen atoms in total. The summed E-state index contributed by atoms with van der Waals surface area (Å²) in [6.45, 7) is 7.56. The minimum absolute atomic E-state index is 0.172. The highest BCUT2D eigenvalue weighted by molar-refractivity contribution is 5.19. The van der Waals surface area contributed by atoms with Crippen LogP contribution in [0.2, 0.25) is 0 Å². The van der Waals surface area contributed by atoms with Gasteiger partial charge >= 0.3 is 0 Å². The molecule has 1 aliphatic heterocycles. The molecule has 1 aromatic rings. The number of hydrogen-bond donors (Lipinski definition) is 1. The highest BCUT2D eigenvalue weighted by atomic mass is 16.3. The Morgan fingerprint density at radius 1 is 1.29 bits per heavy atom. The van der Waals surface area contributed by atoms with Crippen LogP contribution in [0.25, 0.3) is 0 Å². The first-order chi connectivity index (χ1) is 8.00. The molecule has 0 bridgehead atoms. The Bertz CT molecular complexity index is 360. The number of piperidine rings is 1. The smallest absolute Gasteiger partial charge is 0.0668 e. The van der Waals surface area contributed by atoms with E-state index in [-0.39, 0.29) is 11.6 Å². The molecule has 0 aromatic heterocycles. The molecule has 2 unspecified atom stereocenters. The zero-order chi connectivity index (χ0) is 12.5. The number of rotatable bonds is 2. The molecule has 0 radical (unpaired) electrons. The molecule has 0 aliphatic carbocycles. The molecule has 0 spiro atoms. The predicted molar refractivity (Wildman–Crippen MR) is 70.9 cm³/mol. The van der Waals surface area contributed by atoms with Crippen LogP contribution in [0.4, 0.5) is 0 Å². The lowest BCUT2D eigenvalue weighted by Crippen LogP contribution is -2.52. The molecular weight excluding hydrogens is 210 g/mol. The zero-order valence-electron chi connectivity index (χ0n) is 11.1. The van der Waals surface area contributed by atoms with Crippen LogP contribution in [0.15, 0.2) is 30.3 Å². The highest BCUT2D eigenvalue weighted by Gasteiger charge is 2.36. The Morgan fingerprint density at radius 3 is 2.59 bits per heavy atom. The van der Waals surface area contributed by atoms with E-state index < -0.39 is 0 Å². The number of benzene rings is 1. The van der Waals surface area contributed by atoms with E-state index in [1.165, 1.54) is 5.56 Å². The summed E-state index contributed by atoms with van der Waals surface area (Å²) in [6.07, 6.45) is 1.81. The van der Waals surface area contributed by atoms with Crippen molar-refractivity contribution < 1.29 is 5.11 Å². The number of nitrogens with zero attached hydrogens (tertiary/aromatic N) is 1. The van der Waals surface area contributed by atoms with Crippen molar-refractivity contribution in [2.75, 3.05) is 6.54 Å². The summed E-state index contributed by atoms with van der Waals surface area (Å²) < 4.78 is 0. The van der Waals surface area contributed by atoms with E-state index in [9.17, 15) is 5.11 Å². The van der Waals surface area contributed by atoms with Gasteiger partial charge in [0.25, 0.3) is 0 Å². The molecule has 1 aromatic carbocycles. The molecule has 17 heavy (non-hydrogen) atoms. The summed E-state index contributed by atoms with van der Waals surface area (Å²) in [5, 5.41) is 9.87. The predicted octanol–water partition coefficient (Wildman–Crippen LogP) is 2.98. The number of β-amino-alcohol motifs (C(OH)–C–C–N with tert-alkyl or cyclic N) is 1. The summed E-state index contributed by atoms with van der Waals surface area (Å²) in [5.41, 5.74) is 1.50. The second-order valence-electron chi connectivity index (χ2n) is 5.74. The van der Waals surface area contributed by atoms with Crippen LogP contribution in [0.3, 0.4) is 0 Å². The number of likely N-dealkylation sites (tertiary alicyclic amines) is 1. The second-order valence-corrected chi connectivity index (χ2v) is 5.74. The van der Waals surface area contributed by atoms with Crippen molar-refractivity contribution in [3.63, 3.8) is 0 Å². The Labute approximate surface area is 104 Å². The van der Waals surface area contributed by atoms with Crippen LogP contribution in [0, 0.1) is 0 Å². The minimum Gasteiger partial charge on any atom is -0.392 e. The SMILES string of the molecule is CC(c1ccccc1)N1CC(O)CCC1(C)C. The minimum atomic E-state index is -0.172. The van der Waals surface area contributed by atoms with E-state index in [2.05, 4.69) is 49.9 Å². The molecule has 2 atom stereocenters. The molecule has 1 saturated heterocycles. The molecule has 1 aliphatic rings. The van der Waals surface area contributed by atoms with Crippen molar-refractivity contribution in [2.24, 2.45) is 0 Å². The van der Waals surface area contributed by atoms with Gasteiger partial charge in [0.2, 0.25) is 0 Å². The fourth-order valence-electron chi connectivity index (χ4n) is 2.82. The van der Waals surface area contributed by atoms with E-state index in [1.54, 1.807) is 0 Å². The van der Waals surface area contributed by atoms with Crippen LogP contribution in [-0.4, -0.2) is 28.2 Å². The van der Waals surface area contributed by atoms with Gasteiger partial charge in [-0.1, -0.05) is 30.3 Å². The van der Waals surface area contributed by atoms with Crippen molar-refractivity contribution in [3.05, 3.63) is 35.9 Å². The molecule has 94 valence electrons. The van der Waals surface area contributed by atoms with Gasteiger partial charge in [-0.05, 0) is 39.2 Å². The standard InChI is InChI=1S/C15H23NO/c1-12(13-7-5-4-6-8-13)16-11-14(17)9-10-15(16,2)3/h4-8,12,14,17H,9-11H2,1-3H3. The second kappa shape index (κ2) is 4.79. The summed E-state index contributed by atoms with van der Waals surface area (Å²) in [6, 6.07) is 10.9. The van der Waals surface area contributed by atoms with E-state index >= 15 is 0 Å². The Hall–Kier alpha value is -0.860. The van der Waals surface area contributed by atoms with Crippen LogP contribution >= 0.6 is 0 Å². The zero-order valence-corrected chi connectivity index (χ0v) is 11.1. The third-order valence-corrected chi connectivity index (χ3v) is 4.02. The third-order valence-electron chi connectivity index (χ3n) is 4.02. The molecule has 0 saturated carbocycles. The normalized spacial score (nSPS) is 26.7. The first-order valence-electron chi connectivity index (χ1n) is 6.50. The lowest BCUT2D eigenvalue weighted by atomic mass is 9.86. The molecule has 0 amide bonds. The van der Waals surface area contributed by atoms with Gasteiger partial charge in [0.05, 0.1) is 6.10 Å². The van der Waals surface area contributed by atoms with Crippen LogP contribution in [-0.2, 0) is 0 Å². The van der Waals surface area contributed by atoms with Crippen molar-refractivity contribution in [1.29, 1.82) is 0 Å². The largest absolute Gasteiger partial charge is 0.392 e. The molecule has 2 rings (SSSR count). The molecule has 1 N–H and O–H groups in total. The molecular formula is C15H23NO. The van der Waals surface area contributed by atoms with Crippen LogP contribution < -0.4 is 0 Å². The quantitative estimate of drug-likeness (QED) is 0.849. The first kappa shape index (κ1) is 12.6. The average molecular weight is 233 g/mol. The number of aliphatic hydroxyl groups excluding tert-OH is 1. The van der Waals surface area contributed by atoms with Gasteiger partial charge < -0.3 is 5.11 Å². The van der Waals surface area contributed by atoms with Crippen molar-refractivity contribution in [1.82, 2.24) is 4.90 Å². The van der Waals surface area contributed by atoms with Crippen molar-refractivity contribution >= 4 is 0 Å². The van der Waals surface area contributed by atoms with Gasteiger partial charge in [-0.25, -0.2) is 0 Å². The van der Waals surface area contributed by atoms with Crippen LogP contribution in [0.1, 0.15) is 45.2 Å². The lowest BCUT2D eigenvalue weighted by molar-refractivity contribution is -0.0279. The maximum absolute atomic E-state index is 9.87. The monoisotopic (exact) mass is 233 g/mol. The van der Waals surface area contributed by atoms with E-state index in [0.717, 1.165) is 19.4 Å². The Kier molecular flexibility index (Phi) is 3.55. The first-order valence-corrected chi connectivity index (χ1v) is 6.50. The topological polar surface area (TPSA) is 23.5 Å². The van der Waals surface area contributed by atoms with Gasteiger partial charge in [0.1, 0.15) is 0 Å². The van der Waals surface area contributed by atoms with Crippen molar-refractivity contribution in [3.8, 4) is 0 Å². The number of hydrogen-bond acceptors (Lipinski definition) is 2. The summed E-state index contributed by atoms with van der Waals surface area (Å²) in [5.74, 6) is 0. The fraction of sp³-hybridized carbons (Fsp3) is 0.600. The van der Waals surface area contributed by atoms with Gasteiger partial charge in [-0.2, -0.15) is 0 Å². The number of aliphatic hydroxyl groups is 1. The van der Waals surface area contributed by atoms with Gasteiger partial charge in [-0.15, -0.1) is 0 Å². The fourth-order valence-corrected chi connectivity index (χ4v) is 2.82. The third kappa shape index (κ3) is 2.70. The molecule has 2 heteroatoms. The maximum atomic E-state index is 9.87. The summed E-state index contributed by atoms with van der Waals surface area (Å²) >= 11 is 0. The van der Waals surface area contributed by atoms with E-state index in [0.29, 0.717) is 6.04 Å². The lowest BCUT2D eigenvalue weighted by Gasteiger charge is -2.47. The van der Waals surface area contributed by atoms with E-state index in [1.807, 2.05) is 6.07 Å². The molecule has 1 heterocycles. The van der Waals surface area contributed by atoms with Gasteiger partial charge in [0.15, 0.2) is 0 Å².